The Morgan fingerprint density at radius 1 is 1.35 bits per heavy atom. The average molecular weight is 281 g/mol. The molecule has 0 spiro atoms. The van der Waals surface area contributed by atoms with Gasteiger partial charge in [0.15, 0.2) is 0 Å². The first kappa shape index (κ1) is 14.3. The van der Waals surface area contributed by atoms with Gasteiger partial charge in [0.05, 0.1) is 18.2 Å². The highest BCUT2D eigenvalue weighted by atomic mass is 35.5. The number of hydrogen-bond donors (Lipinski definition) is 2. The van der Waals surface area contributed by atoms with Crippen molar-refractivity contribution in [2.24, 2.45) is 7.05 Å². The molecule has 5 nitrogen and oxygen atoms in total. The zero-order chi connectivity index (χ0) is 13.0. The van der Waals surface area contributed by atoms with E-state index in [0.29, 0.717) is 10.7 Å². The lowest BCUT2D eigenvalue weighted by Crippen LogP contribution is -2.36. The van der Waals surface area contributed by atoms with E-state index in [2.05, 4.69) is 0 Å². The van der Waals surface area contributed by atoms with Crippen LogP contribution in [0.25, 0.3) is 0 Å². The summed E-state index contributed by atoms with van der Waals surface area (Å²) in [5, 5.41) is 18.3. The van der Waals surface area contributed by atoms with Gasteiger partial charge in [0, 0.05) is 20.1 Å². The number of rotatable bonds is 5. The molecule has 1 aromatic heterocycles. The van der Waals surface area contributed by atoms with Gasteiger partial charge in [-0.25, -0.2) is 0 Å². The third kappa shape index (κ3) is 3.13. The third-order valence-electron chi connectivity index (χ3n) is 2.36. The summed E-state index contributed by atoms with van der Waals surface area (Å²) < 4.78 is 1.47. The van der Waals surface area contributed by atoms with Crippen LogP contribution in [-0.4, -0.2) is 51.9 Å². The standard InChI is InChI=1S/C10H14Cl2N2O3/c1-13-8(6-7(11)9(13)12)10(17)14(2-4-15)3-5-16/h6,15-16H,2-5H2,1H3. The first-order valence-corrected chi connectivity index (χ1v) is 5.80. The van der Waals surface area contributed by atoms with E-state index in [0.717, 1.165) is 0 Å². The van der Waals surface area contributed by atoms with Crippen LogP contribution in [0.3, 0.4) is 0 Å². The molecule has 0 fully saturated rings. The molecule has 0 unspecified atom stereocenters. The molecule has 0 saturated carbocycles. The minimum atomic E-state index is -0.329. The van der Waals surface area contributed by atoms with Gasteiger partial charge in [-0.3, -0.25) is 4.79 Å². The molecule has 0 radical (unpaired) electrons. The lowest BCUT2D eigenvalue weighted by atomic mass is 10.3. The Hall–Kier alpha value is -0.750. The minimum Gasteiger partial charge on any atom is -0.395 e. The molecule has 0 aliphatic heterocycles. The number of hydrogen-bond acceptors (Lipinski definition) is 3. The maximum atomic E-state index is 12.1. The molecule has 1 heterocycles. The summed E-state index contributed by atoms with van der Waals surface area (Å²) in [5.74, 6) is -0.329. The van der Waals surface area contributed by atoms with Crippen molar-refractivity contribution in [2.45, 2.75) is 0 Å². The lowest BCUT2D eigenvalue weighted by Gasteiger charge is -2.20. The fraction of sp³-hybridized carbons (Fsp3) is 0.500. The Kier molecular flexibility index (Phi) is 5.27. The second-order valence-electron chi connectivity index (χ2n) is 3.47. The van der Waals surface area contributed by atoms with E-state index in [1.165, 1.54) is 15.5 Å². The smallest absolute Gasteiger partial charge is 0.270 e. The molecule has 0 aliphatic rings. The number of carbonyl (C=O) groups excluding carboxylic acids is 1. The van der Waals surface area contributed by atoms with Gasteiger partial charge >= 0.3 is 0 Å². The predicted molar refractivity (Wildman–Crippen MR) is 65.5 cm³/mol. The van der Waals surface area contributed by atoms with E-state index >= 15 is 0 Å². The number of aliphatic hydroxyl groups excluding tert-OH is 2. The molecule has 0 bridgehead atoms. The molecular weight excluding hydrogens is 267 g/mol. The number of aromatic nitrogens is 1. The van der Waals surface area contributed by atoms with Crippen LogP contribution in [0.15, 0.2) is 6.07 Å². The van der Waals surface area contributed by atoms with Crippen LogP contribution < -0.4 is 0 Å². The Morgan fingerprint density at radius 2 is 1.88 bits per heavy atom. The molecule has 1 amide bonds. The largest absolute Gasteiger partial charge is 0.395 e. The fourth-order valence-electron chi connectivity index (χ4n) is 1.47. The number of amides is 1. The second kappa shape index (κ2) is 6.26. The highest BCUT2D eigenvalue weighted by molar-refractivity contribution is 6.41. The van der Waals surface area contributed by atoms with E-state index in [1.807, 2.05) is 0 Å². The summed E-state index contributed by atoms with van der Waals surface area (Å²) in [6.45, 7) is -0.0329. The lowest BCUT2D eigenvalue weighted by molar-refractivity contribution is 0.0675. The molecule has 0 aromatic carbocycles. The quantitative estimate of drug-likeness (QED) is 0.837. The van der Waals surface area contributed by atoms with Crippen LogP contribution in [0.1, 0.15) is 10.5 Å². The number of halogens is 2. The van der Waals surface area contributed by atoms with Gasteiger partial charge in [-0.15, -0.1) is 0 Å². The van der Waals surface area contributed by atoms with Crippen molar-refractivity contribution in [1.29, 1.82) is 0 Å². The van der Waals surface area contributed by atoms with E-state index in [9.17, 15) is 4.79 Å². The van der Waals surface area contributed by atoms with E-state index in [1.54, 1.807) is 7.05 Å². The summed E-state index contributed by atoms with van der Waals surface area (Å²) in [6, 6.07) is 1.47. The van der Waals surface area contributed by atoms with Crippen molar-refractivity contribution in [1.82, 2.24) is 9.47 Å². The first-order chi connectivity index (χ1) is 8.02. The maximum Gasteiger partial charge on any atom is 0.270 e. The normalized spacial score (nSPS) is 10.6. The first-order valence-electron chi connectivity index (χ1n) is 5.04. The Labute approximate surface area is 109 Å². The van der Waals surface area contributed by atoms with Crippen molar-refractivity contribution in [3.63, 3.8) is 0 Å². The van der Waals surface area contributed by atoms with E-state index < -0.39 is 0 Å². The van der Waals surface area contributed by atoms with Crippen molar-refractivity contribution < 1.29 is 15.0 Å². The molecule has 17 heavy (non-hydrogen) atoms. The molecule has 1 rings (SSSR count). The molecule has 0 saturated heterocycles. The topological polar surface area (TPSA) is 65.7 Å². The second-order valence-corrected chi connectivity index (χ2v) is 4.23. The highest BCUT2D eigenvalue weighted by Gasteiger charge is 2.20. The summed E-state index contributed by atoms with van der Waals surface area (Å²) in [6.07, 6.45) is 0. The highest BCUT2D eigenvalue weighted by Crippen LogP contribution is 2.25. The SMILES string of the molecule is Cn1c(C(=O)N(CCO)CCO)cc(Cl)c1Cl. The Morgan fingerprint density at radius 3 is 2.24 bits per heavy atom. The Balaban J connectivity index is 2.96. The summed E-state index contributed by atoms with van der Waals surface area (Å²) in [4.78, 5) is 13.4. The fourth-order valence-corrected chi connectivity index (χ4v) is 1.84. The molecule has 2 N–H and O–H groups in total. The molecule has 1 aromatic rings. The van der Waals surface area contributed by atoms with E-state index in [-0.39, 0.29) is 37.4 Å². The number of carbonyl (C=O) groups is 1. The molecule has 0 atom stereocenters. The van der Waals surface area contributed by atoms with Gasteiger partial charge in [-0.05, 0) is 6.07 Å². The van der Waals surface area contributed by atoms with Crippen molar-refractivity contribution in [3.05, 3.63) is 21.9 Å². The van der Waals surface area contributed by atoms with E-state index in [4.69, 9.17) is 33.4 Å². The molecule has 96 valence electrons. The van der Waals surface area contributed by atoms with Gasteiger partial charge in [0.1, 0.15) is 10.8 Å². The van der Waals surface area contributed by atoms with Crippen LogP contribution >= 0.6 is 23.2 Å². The van der Waals surface area contributed by atoms with Crippen molar-refractivity contribution in [2.75, 3.05) is 26.3 Å². The maximum absolute atomic E-state index is 12.1. The monoisotopic (exact) mass is 280 g/mol. The summed E-state index contributed by atoms with van der Waals surface area (Å²) in [7, 11) is 1.62. The van der Waals surface area contributed by atoms with Crippen LogP contribution in [-0.2, 0) is 7.05 Å². The predicted octanol–water partition coefficient (Wildman–Crippen LogP) is 0.759. The third-order valence-corrected chi connectivity index (χ3v) is 3.20. The van der Waals surface area contributed by atoms with Gasteiger partial charge in [-0.1, -0.05) is 23.2 Å². The number of aliphatic hydroxyl groups is 2. The van der Waals surface area contributed by atoms with Crippen LogP contribution in [0.2, 0.25) is 10.2 Å². The molecule has 0 aliphatic carbocycles. The van der Waals surface area contributed by atoms with Crippen LogP contribution in [0, 0.1) is 0 Å². The van der Waals surface area contributed by atoms with Crippen LogP contribution in [0.5, 0.6) is 0 Å². The minimum absolute atomic E-state index is 0.153. The zero-order valence-electron chi connectivity index (χ0n) is 9.36. The van der Waals surface area contributed by atoms with Crippen LogP contribution in [0.4, 0.5) is 0 Å². The average Bonchev–Trinajstić information content (AvgIpc) is 2.56. The van der Waals surface area contributed by atoms with Gasteiger partial charge in [-0.2, -0.15) is 0 Å². The van der Waals surface area contributed by atoms with Gasteiger partial charge < -0.3 is 19.7 Å². The number of nitrogens with zero attached hydrogens (tertiary/aromatic N) is 2. The molecular formula is C10H14Cl2N2O3. The summed E-state index contributed by atoms with van der Waals surface area (Å²) in [5.41, 5.74) is 0.321. The Bertz CT molecular complexity index is 401. The van der Waals surface area contributed by atoms with Gasteiger partial charge in [0.25, 0.3) is 5.91 Å². The molecule has 7 heteroatoms. The summed E-state index contributed by atoms with van der Waals surface area (Å²) >= 11 is 11.7. The van der Waals surface area contributed by atoms with Crippen molar-refractivity contribution >= 4 is 29.1 Å². The van der Waals surface area contributed by atoms with Gasteiger partial charge in [0.2, 0.25) is 0 Å². The van der Waals surface area contributed by atoms with Crippen molar-refractivity contribution in [3.8, 4) is 0 Å². The zero-order valence-corrected chi connectivity index (χ0v) is 10.9.